The van der Waals surface area contributed by atoms with Crippen LogP contribution in [0.25, 0.3) is 0 Å². The summed E-state index contributed by atoms with van der Waals surface area (Å²) in [6.07, 6.45) is 0.801. The summed E-state index contributed by atoms with van der Waals surface area (Å²) in [6.45, 7) is 4.01. The number of halogens is 2. The highest BCUT2D eigenvalue weighted by molar-refractivity contribution is 9.10. The number of nitrogens with one attached hydrogen (secondary N) is 1. The summed E-state index contributed by atoms with van der Waals surface area (Å²) >= 11 is 9.50. The van der Waals surface area contributed by atoms with Gasteiger partial charge in [0.15, 0.2) is 0 Å². The molecule has 0 aliphatic carbocycles. The molecule has 21 heavy (non-hydrogen) atoms. The Bertz CT molecular complexity index is 657. The maximum Gasteiger partial charge on any atom is 0.252 e. The first-order chi connectivity index (χ1) is 10.0. The zero-order valence-electron chi connectivity index (χ0n) is 12.0. The topological polar surface area (TPSA) is 29.1 Å². The molecule has 0 aliphatic rings. The summed E-state index contributed by atoms with van der Waals surface area (Å²) in [5.74, 6) is -0.0857. The van der Waals surface area contributed by atoms with Gasteiger partial charge in [0.05, 0.1) is 11.6 Å². The fraction of sp³-hybridized carbons (Fsp3) is 0.235. The molecule has 1 amide bonds. The third kappa shape index (κ3) is 3.86. The standard InChI is InChI=1S/C17H17BrClNO/c1-3-15(12-7-5-8-13(19)10-12)20-17(21)14-9-4-6-11(2)16(14)18/h4-10,15H,3H2,1-2H3,(H,20,21). The molecule has 4 heteroatoms. The minimum atomic E-state index is -0.0857. The van der Waals surface area contributed by atoms with Crippen LogP contribution in [-0.2, 0) is 0 Å². The second-order valence-corrected chi connectivity index (χ2v) is 6.16. The Morgan fingerprint density at radius 2 is 2.00 bits per heavy atom. The van der Waals surface area contributed by atoms with Crippen molar-refractivity contribution in [3.8, 4) is 0 Å². The second kappa shape index (κ2) is 7.10. The highest BCUT2D eigenvalue weighted by Gasteiger charge is 2.16. The van der Waals surface area contributed by atoms with E-state index in [1.807, 2.05) is 56.3 Å². The molecule has 110 valence electrons. The maximum absolute atomic E-state index is 12.5. The fourth-order valence-electron chi connectivity index (χ4n) is 2.20. The van der Waals surface area contributed by atoms with E-state index in [0.717, 1.165) is 22.0 Å². The van der Waals surface area contributed by atoms with Crippen LogP contribution < -0.4 is 5.32 Å². The van der Waals surface area contributed by atoms with Crippen molar-refractivity contribution < 1.29 is 4.79 Å². The Morgan fingerprint density at radius 1 is 1.29 bits per heavy atom. The van der Waals surface area contributed by atoms with Gasteiger partial charge in [0.25, 0.3) is 5.91 Å². The molecule has 0 aliphatic heterocycles. The normalized spacial score (nSPS) is 12.0. The number of aryl methyl sites for hydroxylation is 1. The van der Waals surface area contributed by atoms with Crippen molar-refractivity contribution in [3.05, 3.63) is 68.7 Å². The molecule has 2 nitrogen and oxygen atoms in total. The number of carbonyl (C=O) groups is 1. The Kier molecular flexibility index (Phi) is 5.43. The van der Waals surface area contributed by atoms with Gasteiger partial charge in [-0.25, -0.2) is 0 Å². The Morgan fingerprint density at radius 3 is 2.67 bits per heavy atom. The highest BCUT2D eigenvalue weighted by atomic mass is 79.9. The minimum Gasteiger partial charge on any atom is -0.345 e. The second-order valence-electron chi connectivity index (χ2n) is 4.93. The Balaban J connectivity index is 2.22. The van der Waals surface area contributed by atoms with E-state index in [1.54, 1.807) is 0 Å². The van der Waals surface area contributed by atoms with Crippen LogP contribution in [0.3, 0.4) is 0 Å². The third-order valence-corrected chi connectivity index (χ3v) is 4.69. The minimum absolute atomic E-state index is 0.0522. The zero-order chi connectivity index (χ0) is 15.4. The summed E-state index contributed by atoms with van der Waals surface area (Å²) < 4.78 is 0.837. The number of hydrogen-bond acceptors (Lipinski definition) is 1. The predicted octanol–water partition coefficient (Wildman–Crippen LogP) is 5.29. The fourth-order valence-corrected chi connectivity index (χ4v) is 2.85. The average Bonchev–Trinajstić information content (AvgIpc) is 2.47. The number of amides is 1. The molecule has 1 unspecified atom stereocenters. The number of hydrogen-bond donors (Lipinski definition) is 1. The van der Waals surface area contributed by atoms with Crippen LogP contribution in [0.4, 0.5) is 0 Å². The molecule has 2 aromatic carbocycles. The lowest BCUT2D eigenvalue weighted by Crippen LogP contribution is -2.28. The van der Waals surface area contributed by atoms with Gasteiger partial charge in [-0.2, -0.15) is 0 Å². The largest absolute Gasteiger partial charge is 0.345 e. The Labute approximate surface area is 138 Å². The summed E-state index contributed by atoms with van der Waals surface area (Å²) in [5, 5.41) is 3.74. The van der Waals surface area contributed by atoms with Crippen LogP contribution >= 0.6 is 27.5 Å². The SMILES string of the molecule is CCC(NC(=O)c1cccc(C)c1Br)c1cccc(Cl)c1. The van der Waals surface area contributed by atoms with E-state index < -0.39 is 0 Å². The molecule has 0 radical (unpaired) electrons. The first-order valence-corrected chi connectivity index (χ1v) is 8.01. The molecule has 0 saturated heterocycles. The molecule has 0 saturated carbocycles. The van der Waals surface area contributed by atoms with Crippen LogP contribution in [0.1, 0.15) is 40.9 Å². The van der Waals surface area contributed by atoms with Gasteiger partial charge in [0.1, 0.15) is 0 Å². The first kappa shape index (κ1) is 16.1. The van der Waals surface area contributed by atoms with Crippen molar-refractivity contribution in [2.24, 2.45) is 0 Å². The zero-order valence-corrected chi connectivity index (χ0v) is 14.3. The molecule has 0 aromatic heterocycles. The smallest absolute Gasteiger partial charge is 0.252 e. The summed E-state index contributed by atoms with van der Waals surface area (Å²) in [6, 6.07) is 13.2. The average molecular weight is 367 g/mol. The molecule has 0 heterocycles. The molecular formula is C17H17BrClNO. The van der Waals surface area contributed by atoms with E-state index in [4.69, 9.17) is 11.6 Å². The van der Waals surface area contributed by atoms with Crippen LogP contribution in [0.15, 0.2) is 46.9 Å². The van der Waals surface area contributed by atoms with Crippen LogP contribution in [-0.4, -0.2) is 5.91 Å². The van der Waals surface area contributed by atoms with Gasteiger partial charge >= 0.3 is 0 Å². The van der Waals surface area contributed by atoms with E-state index >= 15 is 0 Å². The molecule has 0 bridgehead atoms. The maximum atomic E-state index is 12.5. The van der Waals surface area contributed by atoms with Crippen LogP contribution in [0.2, 0.25) is 5.02 Å². The molecule has 0 spiro atoms. The van der Waals surface area contributed by atoms with Gasteiger partial charge in [0.2, 0.25) is 0 Å². The van der Waals surface area contributed by atoms with Crippen LogP contribution in [0, 0.1) is 6.92 Å². The lowest BCUT2D eigenvalue weighted by atomic mass is 10.0. The number of benzene rings is 2. The quantitative estimate of drug-likeness (QED) is 0.782. The van der Waals surface area contributed by atoms with Gasteiger partial charge in [-0.3, -0.25) is 4.79 Å². The van der Waals surface area contributed by atoms with Gasteiger partial charge in [-0.05, 0) is 58.6 Å². The van der Waals surface area contributed by atoms with Crippen molar-refractivity contribution >= 4 is 33.4 Å². The Hall–Kier alpha value is -1.32. The molecule has 2 aromatic rings. The van der Waals surface area contributed by atoms with Gasteiger partial charge < -0.3 is 5.32 Å². The van der Waals surface area contributed by atoms with Gasteiger partial charge in [-0.15, -0.1) is 0 Å². The molecule has 1 N–H and O–H groups in total. The van der Waals surface area contributed by atoms with Crippen molar-refractivity contribution in [3.63, 3.8) is 0 Å². The first-order valence-electron chi connectivity index (χ1n) is 6.84. The number of rotatable bonds is 4. The van der Waals surface area contributed by atoms with E-state index in [9.17, 15) is 4.79 Å². The molecule has 1 atom stereocenters. The lowest BCUT2D eigenvalue weighted by Gasteiger charge is -2.18. The highest BCUT2D eigenvalue weighted by Crippen LogP contribution is 2.24. The summed E-state index contributed by atoms with van der Waals surface area (Å²) in [7, 11) is 0. The molecular weight excluding hydrogens is 350 g/mol. The van der Waals surface area contributed by atoms with Gasteiger partial charge in [-0.1, -0.05) is 42.8 Å². The van der Waals surface area contributed by atoms with Crippen molar-refractivity contribution in [1.82, 2.24) is 5.32 Å². The third-order valence-electron chi connectivity index (χ3n) is 3.40. The lowest BCUT2D eigenvalue weighted by molar-refractivity contribution is 0.0934. The number of carbonyl (C=O) groups excluding carboxylic acids is 1. The molecule has 0 fully saturated rings. The monoisotopic (exact) mass is 365 g/mol. The van der Waals surface area contributed by atoms with Crippen molar-refractivity contribution in [1.29, 1.82) is 0 Å². The predicted molar refractivity (Wildman–Crippen MR) is 90.8 cm³/mol. The van der Waals surface area contributed by atoms with Crippen LogP contribution in [0.5, 0.6) is 0 Å². The summed E-state index contributed by atoms with van der Waals surface area (Å²) in [5.41, 5.74) is 2.70. The van der Waals surface area contributed by atoms with E-state index in [-0.39, 0.29) is 11.9 Å². The van der Waals surface area contributed by atoms with E-state index in [0.29, 0.717) is 10.6 Å². The van der Waals surface area contributed by atoms with E-state index in [2.05, 4.69) is 21.2 Å². The molecule has 2 rings (SSSR count). The van der Waals surface area contributed by atoms with Crippen molar-refractivity contribution in [2.45, 2.75) is 26.3 Å². The van der Waals surface area contributed by atoms with E-state index in [1.165, 1.54) is 0 Å². The summed E-state index contributed by atoms with van der Waals surface area (Å²) in [4.78, 5) is 12.5. The van der Waals surface area contributed by atoms with Crippen molar-refractivity contribution in [2.75, 3.05) is 0 Å². The van der Waals surface area contributed by atoms with Gasteiger partial charge in [0, 0.05) is 9.50 Å².